The van der Waals surface area contributed by atoms with E-state index in [1.807, 2.05) is 0 Å². The Labute approximate surface area is 123 Å². The standard InChI is InChI=1S/C18H29NO/c1-5-14-6-8-15(9-7-14)18(19)17-13(3)10-12(2)11-16(17)20-4/h10-11,14-15,18H,5-9,19H2,1-4H3. The summed E-state index contributed by atoms with van der Waals surface area (Å²) in [6.07, 6.45) is 6.51. The Morgan fingerprint density at radius 2 is 1.85 bits per heavy atom. The normalized spacial score (nSPS) is 24.4. The van der Waals surface area contributed by atoms with Crippen LogP contribution in [-0.2, 0) is 0 Å². The van der Waals surface area contributed by atoms with Crippen LogP contribution in [0.2, 0.25) is 0 Å². The number of nitrogens with two attached hydrogens (primary N) is 1. The molecular weight excluding hydrogens is 246 g/mol. The van der Waals surface area contributed by atoms with Gasteiger partial charge in [-0.05, 0) is 55.7 Å². The second-order valence-corrected chi connectivity index (χ2v) is 6.41. The van der Waals surface area contributed by atoms with E-state index in [4.69, 9.17) is 10.5 Å². The van der Waals surface area contributed by atoms with Crippen LogP contribution in [0.1, 0.15) is 61.8 Å². The Morgan fingerprint density at radius 1 is 1.20 bits per heavy atom. The van der Waals surface area contributed by atoms with E-state index < -0.39 is 0 Å². The van der Waals surface area contributed by atoms with Crippen LogP contribution >= 0.6 is 0 Å². The summed E-state index contributed by atoms with van der Waals surface area (Å²) < 4.78 is 5.58. The highest BCUT2D eigenvalue weighted by molar-refractivity contribution is 5.45. The topological polar surface area (TPSA) is 35.2 Å². The second kappa shape index (κ2) is 6.62. The van der Waals surface area contributed by atoms with Gasteiger partial charge in [0.2, 0.25) is 0 Å². The molecule has 2 nitrogen and oxygen atoms in total. The van der Waals surface area contributed by atoms with Crippen molar-refractivity contribution in [1.29, 1.82) is 0 Å². The minimum absolute atomic E-state index is 0.114. The van der Waals surface area contributed by atoms with Gasteiger partial charge in [0, 0.05) is 11.6 Å². The SMILES string of the molecule is CCC1CCC(C(N)c2c(C)cc(C)cc2OC)CC1. The monoisotopic (exact) mass is 275 g/mol. The van der Waals surface area contributed by atoms with Crippen LogP contribution in [-0.4, -0.2) is 7.11 Å². The summed E-state index contributed by atoms with van der Waals surface area (Å²) in [5.41, 5.74) is 10.3. The van der Waals surface area contributed by atoms with Gasteiger partial charge < -0.3 is 10.5 Å². The molecule has 0 aliphatic heterocycles. The zero-order chi connectivity index (χ0) is 14.7. The van der Waals surface area contributed by atoms with Crippen molar-refractivity contribution >= 4 is 0 Å². The third-order valence-electron chi connectivity index (χ3n) is 5.02. The lowest BCUT2D eigenvalue weighted by Crippen LogP contribution is -2.27. The molecule has 20 heavy (non-hydrogen) atoms. The van der Waals surface area contributed by atoms with Crippen LogP contribution in [0, 0.1) is 25.7 Å². The number of methoxy groups -OCH3 is 1. The van der Waals surface area contributed by atoms with Crippen molar-refractivity contribution in [3.63, 3.8) is 0 Å². The summed E-state index contributed by atoms with van der Waals surface area (Å²) in [6, 6.07) is 4.44. The molecular formula is C18H29NO. The maximum atomic E-state index is 6.60. The molecule has 0 radical (unpaired) electrons. The van der Waals surface area contributed by atoms with E-state index in [1.165, 1.54) is 48.8 Å². The van der Waals surface area contributed by atoms with Gasteiger partial charge in [-0.15, -0.1) is 0 Å². The molecule has 1 unspecified atom stereocenters. The maximum absolute atomic E-state index is 6.60. The number of benzene rings is 1. The highest BCUT2D eigenvalue weighted by Gasteiger charge is 2.28. The molecule has 0 heterocycles. The lowest BCUT2D eigenvalue weighted by molar-refractivity contribution is 0.237. The van der Waals surface area contributed by atoms with Gasteiger partial charge in [-0.3, -0.25) is 0 Å². The molecule has 1 atom stereocenters. The van der Waals surface area contributed by atoms with Crippen molar-refractivity contribution in [1.82, 2.24) is 0 Å². The number of hydrogen-bond acceptors (Lipinski definition) is 2. The van der Waals surface area contributed by atoms with Crippen LogP contribution < -0.4 is 10.5 Å². The van der Waals surface area contributed by atoms with Gasteiger partial charge in [0.05, 0.1) is 7.11 Å². The molecule has 1 saturated carbocycles. The Balaban J connectivity index is 2.19. The summed E-state index contributed by atoms with van der Waals surface area (Å²) >= 11 is 0. The first-order valence-corrected chi connectivity index (χ1v) is 7.97. The van der Waals surface area contributed by atoms with Crippen molar-refractivity contribution in [2.75, 3.05) is 7.11 Å². The van der Waals surface area contributed by atoms with E-state index in [0.29, 0.717) is 5.92 Å². The van der Waals surface area contributed by atoms with Crippen molar-refractivity contribution in [3.05, 3.63) is 28.8 Å². The molecule has 1 aromatic carbocycles. The van der Waals surface area contributed by atoms with Crippen LogP contribution in [0.15, 0.2) is 12.1 Å². The fourth-order valence-electron chi connectivity index (χ4n) is 3.73. The zero-order valence-corrected chi connectivity index (χ0v) is 13.4. The van der Waals surface area contributed by atoms with Crippen molar-refractivity contribution in [3.8, 4) is 5.75 Å². The number of hydrogen-bond donors (Lipinski definition) is 1. The number of aryl methyl sites for hydroxylation is 2. The molecule has 1 aliphatic carbocycles. The Kier molecular flexibility index (Phi) is 5.09. The first kappa shape index (κ1) is 15.4. The minimum Gasteiger partial charge on any atom is -0.496 e. The molecule has 2 heteroatoms. The van der Waals surface area contributed by atoms with Crippen LogP contribution in [0.4, 0.5) is 0 Å². The average molecular weight is 275 g/mol. The van der Waals surface area contributed by atoms with Crippen LogP contribution in [0.25, 0.3) is 0 Å². The molecule has 0 bridgehead atoms. The highest BCUT2D eigenvalue weighted by Crippen LogP contribution is 2.40. The van der Waals surface area contributed by atoms with Gasteiger partial charge in [-0.1, -0.05) is 32.3 Å². The lowest BCUT2D eigenvalue weighted by atomic mass is 9.75. The average Bonchev–Trinajstić information content (AvgIpc) is 2.46. The quantitative estimate of drug-likeness (QED) is 0.876. The molecule has 0 aromatic heterocycles. The van der Waals surface area contributed by atoms with Gasteiger partial charge in [-0.2, -0.15) is 0 Å². The minimum atomic E-state index is 0.114. The molecule has 2 rings (SSSR count). The van der Waals surface area contributed by atoms with Gasteiger partial charge in [0.15, 0.2) is 0 Å². The summed E-state index contributed by atoms with van der Waals surface area (Å²) in [6.45, 7) is 6.57. The predicted octanol–water partition coefficient (Wildman–Crippen LogP) is 4.53. The molecule has 0 amide bonds. The fourth-order valence-corrected chi connectivity index (χ4v) is 3.73. The predicted molar refractivity (Wildman–Crippen MR) is 85.1 cm³/mol. The van der Waals surface area contributed by atoms with Gasteiger partial charge >= 0.3 is 0 Å². The molecule has 112 valence electrons. The molecule has 0 saturated heterocycles. The Morgan fingerprint density at radius 3 is 2.40 bits per heavy atom. The molecule has 1 aromatic rings. The molecule has 0 spiro atoms. The third-order valence-corrected chi connectivity index (χ3v) is 5.02. The van der Waals surface area contributed by atoms with Crippen molar-refractivity contribution in [2.24, 2.45) is 17.6 Å². The lowest BCUT2D eigenvalue weighted by Gasteiger charge is -2.33. The third kappa shape index (κ3) is 3.17. The Bertz CT molecular complexity index is 447. The second-order valence-electron chi connectivity index (χ2n) is 6.41. The smallest absolute Gasteiger partial charge is 0.124 e. The van der Waals surface area contributed by atoms with E-state index in [-0.39, 0.29) is 6.04 Å². The van der Waals surface area contributed by atoms with E-state index in [1.54, 1.807) is 7.11 Å². The highest BCUT2D eigenvalue weighted by atomic mass is 16.5. The fraction of sp³-hybridized carbons (Fsp3) is 0.667. The van der Waals surface area contributed by atoms with E-state index in [9.17, 15) is 0 Å². The first-order chi connectivity index (χ1) is 9.56. The van der Waals surface area contributed by atoms with E-state index in [2.05, 4.69) is 32.9 Å². The van der Waals surface area contributed by atoms with Crippen molar-refractivity contribution in [2.45, 2.75) is 58.9 Å². The summed E-state index contributed by atoms with van der Waals surface area (Å²) in [7, 11) is 1.75. The van der Waals surface area contributed by atoms with Gasteiger partial charge in [0.25, 0.3) is 0 Å². The van der Waals surface area contributed by atoms with Gasteiger partial charge in [0.1, 0.15) is 5.75 Å². The number of rotatable bonds is 4. The maximum Gasteiger partial charge on any atom is 0.124 e. The van der Waals surface area contributed by atoms with Gasteiger partial charge in [-0.25, -0.2) is 0 Å². The Hall–Kier alpha value is -1.02. The van der Waals surface area contributed by atoms with Crippen LogP contribution in [0.5, 0.6) is 5.75 Å². The molecule has 1 aliphatic rings. The zero-order valence-electron chi connectivity index (χ0n) is 13.4. The molecule has 2 N–H and O–H groups in total. The summed E-state index contributed by atoms with van der Waals surface area (Å²) in [4.78, 5) is 0. The van der Waals surface area contributed by atoms with E-state index in [0.717, 1.165) is 11.7 Å². The number of ether oxygens (including phenoxy) is 1. The summed E-state index contributed by atoms with van der Waals surface area (Å²) in [5.74, 6) is 2.49. The molecule has 1 fully saturated rings. The largest absolute Gasteiger partial charge is 0.496 e. The van der Waals surface area contributed by atoms with E-state index >= 15 is 0 Å². The van der Waals surface area contributed by atoms with Crippen LogP contribution in [0.3, 0.4) is 0 Å². The van der Waals surface area contributed by atoms with Crippen molar-refractivity contribution < 1.29 is 4.74 Å². The summed E-state index contributed by atoms with van der Waals surface area (Å²) in [5, 5.41) is 0. The first-order valence-electron chi connectivity index (χ1n) is 7.97.